The van der Waals surface area contributed by atoms with Gasteiger partial charge in [-0.15, -0.1) is 0 Å². The van der Waals surface area contributed by atoms with E-state index in [0.717, 1.165) is 25.9 Å². The highest BCUT2D eigenvalue weighted by Crippen LogP contribution is 2.18. The van der Waals surface area contributed by atoms with Crippen molar-refractivity contribution in [2.24, 2.45) is 0 Å². The summed E-state index contributed by atoms with van der Waals surface area (Å²) in [6, 6.07) is 6.10. The molecule has 0 radical (unpaired) electrons. The molecule has 0 aliphatic carbocycles. The van der Waals surface area contributed by atoms with E-state index in [-0.39, 0.29) is 16.6 Å². The molecule has 0 unspecified atom stereocenters. The average Bonchev–Trinajstić information content (AvgIpc) is 3.28. The van der Waals surface area contributed by atoms with Gasteiger partial charge in [-0.25, -0.2) is 8.42 Å². The Balaban J connectivity index is 1.60. The van der Waals surface area contributed by atoms with E-state index in [0.29, 0.717) is 17.6 Å². The third kappa shape index (κ3) is 4.85. The van der Waals surface area contributed by atoms with Crippen molar-refractivity contribution in [2.45, 2.75) is 36.5 Å². The van der Waals surface area contributed by atoms with E-state index in [1.165, 1.54) is 24.3 Å². The zero-order chi connectivity index (χ0) is 19.4. The molecule has 1 aliphatic rings. The molecule has 1 fully saturated rings. The zero-order valence-electron chi connectivity index (χ0n) is 14.9. The Morgan fingerprint density at radius 3 is 2.81 bits per heavy atom. The molecular formula is C17H21ClN4O4S. The molecule has 1 atom stereocenters. The first-order valence-electron chi connectivity index (χ1n) is 8.72. The highest BCUT2D eigenvalue weighted by atomic mass is 35.5. The van der Waals surface area contributed by atoms with Crippen LogP contribution in [0, 0.1) is 0 Å². The minimum atomic E-state index is -3.66. The second-order valence-electron chi connectivity index (χ2n) is 6.36. The van der Waals surface area contributed by atoms with E-state index >= 15 is 0 Å². The lowest BCUT2D eigenvalue weighted by molar-refractivity contribution is 0.0897. The number of rotatable bonds is 7. The van der Waals surface area contributed by atoms with Crippen molar-refractivity contribution in [1.29, 1.82) is 0 Å². The summed E-state index contributed by atoms with van der Waals surface area (Å²) in [5.74, 6) is -1.26. The third-order valence-electron chi connectivity index (χ3n) is 4.56. The number of carbonyl (C=O) groups is 1. The van der Waals surface area contributed by atoms with E-state index in [1.54, 1.807) is 0 Å². The van der Waals surface area contributed by atoms with Crippen molar-refractivity contribution in [1.82, 2.24) is 20.4 Å². The van der Waals surface area contributed by atoms with Gasteiger partial charge in [0.2, 0.25) is 0 Å². The fourth-order valence-corrected chi connectivity index (χ4v) is 4.43. The monoisotopic (exact) mass is 412 g/mol. The van der Waals surface area contributed by atoms with E-state index in [9.17, 15) is 13.2 Å². The van der Waals surface area contributed by atoms with Crippen LogP contribution in [0.1, 0.15) is 36.3 Å². The molecule has 2 aromatic rings. The smallest absolute Gasteiger partial charge is 0.315 e. The van der Waals surface area contributed by atoms with Crippen LogP contribution in [0.4, 0.5) is 0 Å². The lowest BCUT2D eigenvalue weighted by Crippen LogP contribution is -2.40. The number of amides is 1. The third-order valence-corrected chi connectivity index (χ3v) is 6.44. The number of hydrogen-bond donors (Lipinski definition) is 1. The predicted molar refractivity (Wildman–Crippen MR) is 99.2 cm³/mol. The topological polar surface area (TPSA) is 105 Å². The zero-order valence-corrected chi connectivity index (χ0v) is 16.5. The standard InChI is InChI=1S/C17H21ClN4O4S/c1-2-22-9-3-4-13(22)10-19-16(23)17-20-15(21-26-17)11-27(24,25)14-7-5-12(18)6-8-14/h5-8,13H,2-4,9-11H2,1H3,(H,19,23)/t13-/m0/s1. The fourth-order valence-electron chi connectivity index (χ4n) is 3.13. The molecular weight excluding hydrogens is 392 g/mol. The number of nitrogens with one attached hydrogen (secondary N) is 1. The Kier molecular flexibility index (Phi) is 6.13. The van der Waals surface area contributed by atoms with Gasteiger partial charge in [-0.3, -0.25) is 9.69 Å². The summed E-state index contributed by atoms with van der Waals surface area (Å²) >= 11 is 5.77. The minimum Gasteiger partial charge on any atom is -0.346 e. The van der Waals surface area contributed by atoms with Gasteiger partial charge in [-0.2, -0.15) is 4.98 Å². The number of carbonyl (C=O) groups excluding carboxylic acids is 1. The Hall–Kier alpha value is -1.97. The molecule has 1 N–H and O–H groups in total. The van der Waals surface area contributed by atoms with Gasteiger partial charge >= 0.3 is 11.8 Å². The van der Waals surface area contributed by atoms with Crippen LogP contribution < -0.4 is 5.32 Å². The molecule has 3 rings (SSSR count). The van der Waals surface area contributed by atoms with E-state index in [4.69, 9.17) is 16.1 Å². The summed E-state index contributed by atoms with van der Waals surface area (Å²) in [5, 5.41) is 6.83. The number of benzene rings is 1. The molecule has 146 valence electrons. The van der Waals surface area contributed by atoms with Crippen LogP contribution in [0.5, 0.6) is 0 Å². The highest BCUT2D eigenvalue weighted by Gasteiger charge is 2.25. The van der Waals surface area contributed by atoms with Crippen molar-refractivity contribution in [3.63, 3.8) is 0 Å². The highest BCUT2D eigenvalue weighted by molar-refractivity contribution is 7.90. The van der Waals surface area contributed by atoms with Crippen LogP contribution >= 0.6 is 11.6 Å². The van der Waals surface area contributed by atoms with E-state index in [1.807, 2.05) is 0 Å². The van der Waals surface area contributed by atoms with Gasteiger partial charge in [0, 0.05) is 17.6 Å². The number of nitrogens with zero attached hydrogens (tertiary/aromatic N) is 3. The summed E-state index contributed by atoms with van der Waals surface area (Å²) in [7, 11) is -3.66. The molecule has 0 spiro atoms. The quantitative estimate of drug-likeness (QED) is 0.740. The molecule has 2 heterocycles. The van der Waals surface area contributed by atoms with E-state index in [2.05, 4.69) is 27.3 Å². The summed E-state index contributed by atoms with van der Waals surface area (Å²) in [6.07, 6.45) is 2.14. The van der Waals surface area contributed by atoms with Crippen molar-refractivity contribution in [3.8, 4) is 0 Å². The van der Waals surface area contributed by atoms with Gasteiger partial charge in [0.25, 0.3) is 0 Å². The molecule has 10 heteroatoms. The number of sulfone groups is 1. The van der Waals surface area contributed by atoms with Gasteiger partial charge < -0.3 is 9.84 Å². The SMILES string of the molecule is CCN1CCC[C@H]1CNC(=O)c1nc(CS(=O)(=O)c2ccc(Cl)cc2)no1. The van der Waals surface area contributed by atoms with Crippen molar-refractivity contribution < 1.29 is 17.7 Å². The molecule has 1 saturated heterocycles. The van der Waals surface area contributed by atoms with Gasteiger partial charge in [-0.1, -0.05) is 23.7 Å². The molecule has 1 aliphatic heterocycles. The van der Waals surface area contributed by atoms with Crippen molar-refractivity contribution in [3.05, 3.63) is 41.0 Å². The number of halogens is 1. The molecule has 0 saturated carbocycles. The summed E-state index contributed by atoms with van der Waals surface area (Å²) in [4.78, 5) is 18.5. The maximum atomic E-state index is 12.4. The first kappa shape index (κ1) is 19.8. The van der Waals surface area contributed by atoms with Crippen molar-refractivity contribution in [2.75, 3.05) is 19.6 Å². The summed E-state index contributed by atoms with van der Waals surface area (Å²) in [5.41, 5.74) is 0. The van der Waals surface area contributed by atoms with Gasteiger partial charge in [0.05, 0.1) is 4.90 Å². The molecule has 27 heavy (non-hydrogen) atoms. The number of aromatic nitrogens is 2. The van der Waals surface area contributed by atoms with Crippen LogP contribution in [-0.2, 0) is 15.6 Å². The lowest BCUT2D eigenvalue weighted by Gasteiger charge is -2.22. The van der Waals surface area contributed by atoms with Crippen LogP contribution in [0.25, 0.3) is 0 Å². The van der Waals surface area contributed by atoms with Crippen LogP contribution in [0.2, 0.25) is 5.02 Å². The second kappa shape index (κ2) is 8.37. The molecule has 0 bridgehead atoms. The Morgan fingerprint density at radius 2 is 2.11 bits per heavy atom. The number of likely N-dealkylation sites (tertiary alicyclic amines) is 1. The van der Waals surface area contributed by atoms with Gasteiger partial charge in [0.1, 0.15) is 5.75 Å². The summed E-state index contributed by atoms with van der Waals surface area (Å²) < 4.78 is 29.7. The normalized spacial score (nSPS) is 17.9. The predicted octanol–water partition coefficient (Wildman–Crippen LogP) is 1.91. The molecule has 1 amide bonds. The Morgan fingerprint density at radius 1 is 1.37 bits per heavy atom. The molecule has 1 aromatic carbocycles. The average molecular weight is 413 g/mol. The number of likely N-dealkylation sites (N-methyl/N-ethyl adjacent to an activating group) is 1. The Labute approximate surface area is 162 Å². The van der Waals surface area contributed by atoms with Gasteiger partial charge in [-0.05, 0) is 50.2 Å². The van der Waals surface area contributed by atoms with Crippen LogP contribution in [-0.4, -0.2) is 55.0 Å². The Bertz CT molecular complexity index is 898. The van der Waals surface area contributed by atoms with Crippen molar-refractivity contribution >= 4 is 27.3 Å². The second-order valence-corrected chi connectivity index (χ2v) is 8.79. The van der Waals surface area contributed by atoms with Crippen LogP contribution in [0.15, 0.2) is 33.7 Å². The lowest BCUT2D eigenvalue weighted by atomic mass is 10.2. The maximum absolute atomic E-state index is 12.4. The molecule has 8 nitrogen and oxygen atoms in total. The van der Waals surface area contributed by atoms with Gasteiger partial charge in [0.15, 0.2) is 15.7 Å². The maximum Gasteiger partial charge on any atom is 0.315 e. The van der Waals surface area contributed by atoms with Crippen LogP contribution in [0.3, 0.4) is 0 Å². The minimum absolute atomic E-state index is 0.0637. The molecule has 1 aromatic heterocycles. The fraction of sp³-hybridized carbons (Fsp3) is 0.471. The first-order valence-corrected chi connectivity index (χ1v) is 10.7. The summed E-state index contributed by atoms with van der Waals surface area (Å²) in [6.45, 7) is 4.55. The first-order chi connectivity index (χ1) is 12.9. The number of hydrogen-bond acceptors (Lipinski definition) is 7. The largest absolute Gasteiger partial charge is 0.346 e. The van der Waals surface area contributed by atoms with E-state index < -0.39 is 21.5 Å².